The minimum absolute atomic E-state index is 0.00229. The van der Waals surface area contributed by atoms with Crippen LogP contribution in [0.1, 0.15) is 46.0 Å². The Hall–Kier alpha value is -0.120. The molecular formula is C12H25NO2. The van der Waals surface area contributed by atoms with Crippen LogP contribution in [0, 0.1) is 5.41 Å². The predicted octanol–water partition coefficient (Wildman–Crippen LogP) is 1.29. The Bertz CT molecular complexity index is 172. The van der Waals surface area contributed by atoms with E-state index < -0.39 is 0 Å². The van der Waals surface area contributed by atoms with E-state index in [2.05, 4.69) is 19.2 Å². The highest BCUT2D eigenvalue weighted by Gasteiger charge is 2.30. The number of hydrogen-bond acceptors (Lipinski definition) is 3. The summed E-state index contributed by atoms with van der Waals surface area (Å²) >= 11 is 0. The summed E-state index contributed by atoms with van der Waals surface area (Å²) in [6.07, 6.45) is 4.88. The molecule has 3 nitrogen and oxygen atoms in total. The first-order valence-electron chi connectivity index (χ1n) is 6.19. The van der Waals surface area contributed by atoms with Gasteiger partial charge in [-0.05, 0) is 32.1 Å². The number of aliphatic hydroxyl groups excluding tert-OH is 2. The van der Waals surface area contributed by atoms with Crippen molar-refractivity contribution in [2.24, 2.45) is 5.41 Å². The van der Waals surface area contributed by atoms with Gasteiger partial charge in [-0.3, -0.25) is 0 Å². The second-order valence-corrected chi connectivity index (χ2v) is 4.85. The molecule has 3 heteroatoms. The molecule has 0 heterocycles. The quantitative estimate of drug-likeness (QED) is 0.626. The van der Waals surface area contributed by atoms with Crippen LogP contribution in [0.25, 0.3) is 0 Å². The lowest BCUT2D eigenvalue weighted by atomic mass is 9.83. The molecule has 1 fully saturated rings. The maximum absolute atomic E-state index is 9.68. The van der Waals surface area contributed by atoms with Gasteiger partial charge in [-0.2, -0.15) is 0 Å². The SMILES string of the molecule is CCC(CC)(CO)CN[C@@H]1CCC[C@H]1O. The zero-order valence-corrected chi connectivity index (χ0v) is 10.00. The molecule has 0 saturated heterocycles. The Kier molecular flexibility index (Phi) is 5.03. The van der Waals surface area contributed by atoms with E-state index in [0.717, 1.165) is 38.6 Å². The van der Waals surface area contributed by atoms with E-state index in [4.69, 9.17) is 0 Å². The molecule has 1 aliphatic carbocycles. The lowest BCUT2D eigenvalue weighted by molar-refractivity contribution is 0.0937. The maximum atomic E-state index is 9.68. The van der Waals surface area contributed by atoms with Gasteiger partial charge >= 0.3 is 0 Å². The molecule has 0 aromatic carbocycles. The highest BCUT2D eigenvalue weighted by molar-refractivity contribution is 4.86. The van der Waals surface area contributed by atoms with Gasteiger partial charge in [0.2, 0.25) is 0 Å². The van der Waals surface area contributed by atoms with E-state index in [-0.39, 0.29) is 24.2 Å². The van der Waals surface area contributed by atoms with E-state index in [1.165, 1.54) is 0 Å². The Balaban J connectivity index is 2.39. The van der Waals surface area contributed by atoms with Gasteiger partial charge < -0.3 is 15.5 Å². The summed E-state index contributed by atoms with van der Waals surface area (Å²) in [7, 11) is 0. The third-order valence-electron chi connectivity index (χ3n) is 4.05. The highest BCUT2D eigenvalue weighted by Crippen LogP contribution is 2.26. The smallest absolute Gasteiger partial charge is 0.0693 e. The van der Waals surface area contributed by atoms with Crippen LogP contribution in [0.15, 0.2) is 0 Å². The number of rotatable bonds is 6. The number of nitrogens with one attached hydrogen (secondary N) is 1. The van der Waals surface area contributed by atoms with Gasteiger partial charge in [0.1, 0.15) is 0 Å². The van der Waals surface area contributed by atoms with Crippen molar-refractivity contribution >= 4 is 0 Å². The molecule has 2 atom stereocenters. The van der Waals surface area contributed by atoms with Crippen LogP contribution < -0.4 is 5.32 Å². The summed E-state index contributed by atoms with van der Waals surface area (Å²) in [5.74, 6) is 0. The molecule has 1 aliphatic rings. The molecule has 3 N–H and O–H groups in total. The standard InChI is InChI=1S/C12H25NO2/c1-3-12(4-2,9-14)8-13-10-6-5-7-11(10)15/h10-11,13-15H,3-9H2,1-2H3/t10-,11-/m1/s1. The first-order chi connectivity index (χ1) is 7.17. The van der Waals surface area contributed by atoms with Crippen LogP contribution in [0.4, 0.5) is 0 Å². The van der Waals surface area contributed by atoms with Crippen molar-refractivity contribution < 1.29 is 10.2 Å². The lowest BCUT2D eigenvalue weighted by Gasteiger charge is -2.31. The molecule has 0 spiro atoms. The van der Waals surface area contributed by atoms with Crippen molar-refractivity contribution in [3.63, 3.8) is 0 Å². The van der Waals surface area contributed by atoms with E-state index in [0.29, 0.717) is 0 Å². The van der Waals surface area contributed by atoms with E-state index in [9.17, 15) is 10.2 Å². The topological polar surface area (TPSA) is 52.5 Å². The van der Waals surface area contributed by atoms with E-state index in [1.54, 1.807) is 0 Å². The molecule has 0 aliphatic heterocycles. The molecule has 0 unspecified atom stereocenters. The third-order valence-corrected chi connectivity index (χ3v) is 4.05. The fourth-order valence-corrected chi connectivity index (χ4v) is 2.31. The molecule has 0 radical (unpaired) electrons. The summed E-state index contributed by atoms with van der Waals surface area (Å²) in [6, 6.07) is 0.244. The number of aliphatic hydroxyl groups is 2. The number of hydrogen-bond donors (Lipinski definition) is 3. The minimum atomic E-state index is -0.185. The van der Waals surface area contributed by atoms with E-state index >= 15 is 0 Å². The summed E-state index contributed by atoms with van der Waals surface area (Å²) in [6.45, 7) is 5.28. The Morgan fingerprint density at radius 2 is 1.93 bits per heavy atom. The Morgan fingerprint density at radius 3 is 2.33 bits per heavy atom. The van der Waals surface area contributed by atoms with Crippen molar-refractivity contribution in [2.45, 2.75) is 58.1 Å². The predicted molar refractivity (Wildman–Crippen MR) is 61.7 cm³/mol. The van der Waals surface area contributed by atoms with Crippen LogP contribution in [0.5, 0.6) is 0 Å². The zero-order valence-electron chi connectivity index (χ0n) is 10.00. The molecule has 0 amide bonds. The van der Waals surface area contributed by atoms with Crippen LogP contribution in [-0.4, -0.2) is 35.5 Å². The van der Waals surface area contributed by atoms with Crippen molar-refractivity contribution in [2.75, 3.05) is 13.2 Å². The average molecular weight is 215 g/mol. The van der Waals surface area contributed by atoms with Gasteiger partial charge in [-0.1, -0.05) is 13.8 Å². The third kappa shape index (κ3) is 3.16. The van der Waals surface area contributed by atoms with Gasteiger partial charge in [-0.15, -0.1) is 0 Å². The minimum Gasteiger partial charge on any atom is -0.396 e. The monoisotopic (exact) mass is 215 g/mol. The second kappa shape index (κ2) is 5.83. The molecule has 0 aromatic rings. The van der Waals surface area contributed by atoms with Crippen molar-refractivity contribution in [1.29, 1.82) is 0 Å². The first kappa shape index (κ1) is 12.9. The summed E-state index contributed by atoms with van der Waals surface area (Å²) in [5, 5.41) is 22.5. The first-order valence-corrected chi connectivity index (χ1v) is 6.19. The van der Waals surface area contributed by atoms with Crippen molar-refractivity contribution in [1.82, 2.24) is 5.32 Å². The molecule has 15 heavy (non-hydrogen) atoms. The molecular weight excluding hydrogens is 190 g/mol. The van der Waals surface area contributed by atoms with Crippen molar-refractivity contribution in [3.8, 4) is 0 Å². The average Bonchev–Trinajstić information content (AvgIpc) is 2.67. The van der Waals surface area contributed by atoms with Gasteiger partial charge in [0.05, 0.1) is 6.10 Å². The second-order valence-electron chi connectivity index (χ2n) is 4.85. The van der Waals surface area contributed by atoms with Crippen LogP contribution in [-0.2, 0) is 0 Å². The summed E-state index contributed by atoms with van der Waals surface area (Å²) in [5.41, 5.74) is 0.00229. The van der Waals surface area contributed by atoms with Crippen LogP contribution in [0.3, 0.4) is 0 Å². The highest BCUT2D eigenvalue weighted by atomic mass is 16.3. The van der Waals surface area contributed by atoms with Crippen LogP contribution >= 0.6 is 0 Å². The molecule has 0 bridgehead atoms. The van der Waals surface area contributed by atoms with Gasteiger partial charge in [0, 0.05) is 24.6 Å². The molecule has 90 valence electrons. The molecule has 1 rings (SSSR count). The maximum Gasteiger partial charge on any atom is 0.0693 e. The normalized spacial score (nSPS) is 27.2. The largest absolute Gasteiger partial charge is 0.396 e. The fraction of sp³-hybridized carbons (Fsp3) is 1.00. The van der Waals surface area contributed by atoms with Crippen LogP contribution in [0.2, 0.25) is 0 Å². The molecule has 1 saturated carbocycles. The lowest BCUT2D eigenvalue weighted by Crippen LogP contribution is -2.44. The Labute approximate surface area is 92.9 Å². The molecule has 0 aromatic heterocycles. The summed E-state index contributed by atoms with van der Waals surface area (Å²) in [4.78, 5) is 0. The van der Waals surface area contributed by atoms with Gasteiger partial charge in [0.15, 0.2) is 0 Å². The van der Waals surface area contributed by atoms with Gasteiger partial charge in [0.25, 0.3) is 0 Å². The Morgan fingerprint density at radius 1 is 1.27 bits per heavy atom. The zero-order chi connectivity index (χ0) is 11.3. The van der Waals surface area contributed by atoms with E-state index in [1.807, 2.05) is 0 Å². The fourth-order valence-electron chi connectivity index (χ4n) is 2.31. The van der Waals surface area contributed by atoms with Crippen molar-refractivity contribution in [3.05, 3.63) is 0 Å². The summed E-state index contributed by atoms with van der Waals surface area (Å²) < 4.78 is 0. The van der Waals surface area contributed by atoms with Gasteiger partial charge in [-0.25, -0.2) is 0 Å².